The van der Waals surface area contributed by atoms with Crippen molar-refractivity contribution in [1.82, 2.24) is 9.21 Å². The van der Waals surface area contributed by atoms with Gasteiger partial charge in [-0.25, -0.2) is 13.2 Å². The highest BCUT2D eigenvalue weighted by atomic mass is 32.2. The smallest absolute Gasteiger partial charge is 0.410 e. The summed E-state index contributed by atoms with van der Waals surface area (Å²) < 4.78 is 51.3. The number of amides is 1. The van der Waals surface area contributed by atoms with Gasteiger partial charge in [-0.15, -0.1) is 0 Å². The minimum Gasteiger partial charge on any atom is -0.497 e. The first kappa shape index (κ1) is 33.1. The third kappa shape index (κ3) is 8.54. The fourth-order valence-corrected chi connectivity index (χ4v) is 6.95. The molecule has 0 bridgehead atoms. The van der Waals surface area contributed by atoms with E-state index in [9.17, 15) is 13.2 Å². The van der Waals surface area contributed by atoms with Crippen LogP contribution in [0.3, 0.4) is 0 Å². The zero-order valence-corrected chi connectivity index (χ0v) is 27.4. The van der Waals surface area contributed by atoms with Crippen molar-refractivity contribution in [1.29, 1.82) is 0 Å². The first-order valence-electron chi connectivity index (χ1n) is 13.9. The van der Waals surface area contributed by atoms with Crippen molar-refractivity contribution in [3.63, 3.8) is 0 Å². The van der Waals surface area contributed by atoms with Crippen LogP contribution in [0.25, 0.3) is 0 Å². The highest BCUT2D eigenvalue weighted by Crippen LogP contribution is 2.39. The number of hydrogen-bond donors (Lipinski definition) is 0. The third-order valence-corrected chi connectivity index (χ3v) is 14.0. The number of ether oxygens (including phenoxy) is 3. The topological polar surface area (TPSA) is 94.6 Å². The molecule has 9 nitrogen and oxygen atoms in total. The van der Waals surface area contributed by atoms with Crippen LogP contribution in [-0.2, 0) is 37.1 Å². The highest BCUT2D eigenvalue weighted by molar-refractivity contribution is 7.88. The lowest BCUT2D eigenvalue weighted by atomic mass is 10.1. The Balaban J connectivity index is 1.99. The van der Waals surface area contributed by atoms with Gasteiger partial charge >= 0.3 is 6.09 Å². The Kier molecular flexibility index (Phi) is 11.0. The summed E-state index contributed by atoms with van der Waals surface area (Å²) in [4.78, 5) is 15.4. The Labute approximate surface area is 246 Å². The second-order valence-electron chi connectivity index (χ2n) is 12.2. The van der Waals surface area contributed by atoms with Gasteiger partial charge < -0.3 is 18.6 Å². The molecule has 2 aromatic carbocycles. The van der Waals surface area contributed by atoms with E-state index in [-0.39, 0.29) is 37.4 Å². The van der Waals surface area contributed by atoms with Gasteiger partial charge in [0, 0.05) is 19.7 Å². The van der Waals surface area contributed by atoms with E-state index in [1.165, 1.54) is 10.6 Å². The lowest BCUT2D eigenvalue weighted by Gasteiger charge is -2.40. The molecule has 1 amide bonds. The molecule has 2 aromatic rings. The van der Waals surface area contributed by atoms with Gasteiger partial charge in [0.05, 0.1) is 38.7 Å². The van der Waals surface area contributed by atoms with Crippen molar-refractivity contribution < 1.29 is 31.8 Å². The van der Waals surface area contributed by atoms with Crippen LogP contribution in [0.15, 0.2) is 54.6 Å². The molecule has 0 aliphatic carbocycles. The molecule has 3 atom stereocenters. The van der Waals surface area contributed by atoms with Gasteiger partial charge in [-0.1, -0.05) is 63.2 Å². The molecular formula is C30H46N2O7SSi. The van der Waals surface area contributed by atoms with Crippen LogP contribution < -0.4 is 4.74 Å². The van der Waals surface area contributed by atoms with Gasteiger partial charge in [0.25, 0.3) is 0 Å². The number of likely N-dealkylation sites (tertiary alicyclic amines) is 1. The van der Waals surface area contributed by atoms with E-state index in [1.54, 1.807) is 19.1 Å². The molecule has 1 heterocycles. The minimum atomic E-state index is -3.68. The van der Waals surface area contributed by atoms with Crippen molar-refractivity contribution in [2.45, 2.75) is 76.6 Å². The quantitative estimate of drug-likeness (QED) is 0.304. The molecular weight excluding hydrogens is 560 g/mol. The van der Waals surface area contributed by atoms with Crippen LogP contribution in [-0.4, -0.2) is 83.8 Å². The second-order valence-corrected chi connectivity index (χ2v) is 18.9. The summed E-state index contributed by atoms with van der Waals surface area (Å²) in [6.45, 7) is 11.4. The first-order chi connectivity index (χ1) is 19.2. The maximum atomic E-state index is 13.7. The van der Waals surface area contributed by atoms with E-state index in [0.717, 1.165) is 11.1 Å². The Morgan fingerprint density at radius 3 is 2.17 bits per heavy atom. The summed E-state index contributed by atoms with van der Waals surface area (Å²) >= 11 is 0. The first-order valence-corrected chi connectivity index (χ1v) is 18.6. The fraction of sp³-hybridized carbons (Fsp3) is 0.567. The van der Waals surface area contributed by atoms with Gasteiger partial charge in [-0.05, 0) is 47.8 Å². The van der Waals surface area contributed by atoms with Gasteiger partial charge in [0.1, 0.15) is 12.4 Å². The molecule has 0 saturated carbocycles. The summed E-state index contributed by atoms with van der Waals surface area (Å²) in [6.07, 6.45) is 1.09. The maximum Gasteiger partial charge on any atom is 0.410 e. The summed E-state index contributed by atoms with van der Waals surface area (Å²) in [6, 6.07) is 15.3. The zero-order chi connectivity index (χ0) is 30.4. The largest absolute Gasteiger partial charge is 0.497 e. The van der Waals surface area contributed by atoms with Gasteiger partial charge in [-0.3, -0.25) is 4.90 Å². The summed E-state index contributed by atoms with van der Waals surface area (Å²) in [5.74, 6) is 0.689. The molecule has 11 heteroatoms. The number of carbonyl (C=O) groups is 1. The lowest BCUT2D eigenvalue weighted by Crippen LogP contribution is -2.54. The molecule has 1 aliphatic heterocycles. The molecule has 0 spiro atoms. The molecule has 1 saturated heterocycles. The standard InChI is InChI=1S/C30H46N2O7SSi/c1-30(2,3)41(7,8)39-22-28-27(31(40(6,34)35)19-23-14-16-26(37-5)17-15-23)18-25(21-36-4)32(28)29(33)38-20-24-12-10-9-11-13-24/h9-17,25,27-28H,18-22H2,1-8H3/t25-,27-,28-/m0/s1. The van der Waals surface area contributed by atoms with Crippen molar-refractivity contribution >= 4 is 24.4 Å². The number of benzene rings is 2. The van der Waals surface area contributed by atoms with Gasteiger partial charge in [0.2, 0.25) is 10.0 Å². The van der Waals surface area contributed by atoms with Crippen LogP contribution in [0.5, 0.6) is 5.75 Å². The number of nitrogens with zero attached hydrogens (tertiary/aromatic N) is 2. The molecule has 0 N–H and O–H groups in total. The second kappa shape index (κ2) is 13.7. The number of hydrogen-bond acceptors (Lipinski definition) is 7. The van der Waals surface area contributed by atoms with E-state index < -0.39 is 36.5 Å². The Morgan fingerprint density at radius 1 is 1.00 bits per heavy atom. The number of carbonyl (C=O) groups excluding carboxylic acids is 1. The van der Waals surface area contributed by atoms with E-state index in [1.807, 2.05) is 54.6 Å². The Hall–Kier alpha value is -2.44. The molecule has 0 unspecified atom stereocenters. The van der Waals surface area contributed by atoms with Crippen LogP contribution in [0.1, 0.15) is 38.3 Å². The zero-order valence-electron chi connectivity index (χ0n) is 25.6. The van der Waals surface area contributed by atoms with Crippen LogP contribution in [0, 0.1) is 0 Å². The lowest BCUT2D eigenvalue weighted by molar-refractivity contribution is 0.0418. The van der Waals surface area contributed by atoms with E-state index in [2.05, 4.69) is 33.9 Å². The van der Waals surface area contributed by atoms with Crippen LogP contribution in [0.4, 0.5) is 4.79 Å². The third-order valence-electron chi connectivity index (χ3n) is 8.20. The maximum absolute atomic E-state index is 13.7. The van der Waals surface area contributed by atoms with E-state index in [4.69, 9.17) is 18.6 Å². The average molecular weight is 607 g/mol. The SMILES string of the molecule is COC[C@@H]1C[C@H](N(Cc2ccc(OC)cc2)S(C)(=O)=O)[C@H](CO[Si](C)(C)C(C)(C)C)N1C(=O)OCc1ccccc1. The van der Waals surface area contributed by atoms with Gasteiger partial charge in [-0.2, -0.15) is 4.31 Å². The average Bonchev–Trinajstić information content (AvgIpc) is 3.26. The predicted octanol–water partition coefficient (Wildman–Crippen LogP) is 5.27. The van der Waals surface area contributed by atoms with Crippen molar-refractivity contribution in [2.75, 3.05) is 33.7 Å². The molecule has 41 heavy (non-hydrogen) atoms. The van der Waals surface area contributed by atoms with Gasteiger partial charge in [0.15, 0.2) is 8.32 Å². The molecule has 1 fully saturated rings. The van der Waals surface area contributed by atoms with Crippen LogP contribution in [0.2, 0.25) is 18.1 Å². The molecule has 0 aromatic heterocycles. The fourth-order valence-electron chi connectivity index (χ4n) is 4.83. The molecule has 3 rings (SSSR count). The minimum absolute atomic E-state index is 0.0642. The van der Waals surface area contributed by atoms with Crippen molar-refractivity contribution in [3.8, 4) is 5.75 Å². The Bertz CT molecular complexity index is 1230. The Morgan fingerprint density at radius 2 is 1.63 bits per heavy atom. The summed E-state index contributed by atoms with van der Waals surface area (Å²) in [7, 11) is -2.75. The normalized spacial score (nSPS) is 19.9. The number of rotatable bonds is 12. The molecule has 0 radical (unpaired) electrons. The number of sulfonamides is 1. The number of methoxy groups -OCH3 is 2. The van der Waals surface area contributed by atoms with Crippen LogP contribution >= 0.6 is 0 Å². The molecule has 1 aliphatic rings. The van der Waals surface area contributed by atoms with Crippen molar-refractivity contribution in [2.24, 2.45) is 0 Å². The summed E-state index contributed by atoms with van der Waals surface area (Å²) in [5.41, 5.74) is 1.68. The monoisotopic (exact) mass is 606 g/mol. The highest BCUT2D eigenvalue weighted by Gasteiger charge is 2.50. The van der Waals surface area contributed by atoms with E-state index >= 15 is 0 Å². The van der Waals surface area contributed by atoms with Crippen molar-refractivity contribution in [3.05, 3.63) is 65.7 Å². The predicted molar refractivity (Wildman–Crippen MR) is 163 cm³/mol. The molecule has 228 valence electrons. The van der Waals surface area contributed by atoms with E-state index in [0.29, 0.717) is 12.2 Å². The summed E-state index contributed by atoms with van der Waals surface area (Å²) in [5, 5.41) is -0.0642.